The van der Waals surface area contributed by atoms with Gasteiger partial charge in [0.25, 0.3) is 0 Å². The quantitative estimate of drug-likeness (QED) is 0.617. The molecule has 0 saturated heterocycles. The zero-order valence-electron chi connectivity index (χ0n) is 10.4. The Balaban J connectivity index is 4.72. The lowest BCUT2D eigenvalue weighted by atomic mass is 10.0. The SMILES string of the molecule is CCC[C@](C)(C#N)OP(=O)(OCC)OCC. The lowest BCUT2D eigenvalue weighted by Gasteiger charge is -2.26. The summed E-state index contributed by atoms with van der Waals surface area (Å²) >= 11 is 0. The van der Waals surface area contributed by atoms with Crippen molar-refractivity contribution in [2.45, 2.75) is 46.1 Å². The first-order valence-corrected chi connectivity index (χ1v) is 6.92. The molecule has 94 valence electrons. The van der Waals surface area contributed by atoms with Crippen LogP contribution in [0.5, 0.6) is 0 Å². The number of hydrogen-bond acceptors (Lipinski definition) is 5. The number of rotatable bonds is 8. The molecule has 0 aromatic heterocycles. The molecule has 0 radical (unpaired) electrons. The van der Waals surface area contributed by atoms with Gasteiger partial charge in [-0.15, -0.1) is 0 Å². The molecule has 16 heavy (non-hydrogen) atoms. The number of nitrogens with zero attached hydrogens (tertiary/aromatic N) is 1. The predicted molar refractivity (Wildman–Crippen MR) is 60.9 cm³/mol. The zero-order valence-corrected chi connectivity index (χ0v) is 11.3. The van der Waals surface area contributed by atoms with Crippen molar-refractivity contribution < 1.29 is 18.1 Å². The highest BCUT2D eigenvalue weighted by atomic mass is 31.2. The summed E-state index contributed by atoms with van der Waals surface area (Å²) in [5, 5.41) is 9.01. The number of phosphoric ester groups is 1. The smallest absolute Gasteiger partial charge is 0.287 e. The molecule has 0 amide bonds. The summed E-state index contributed by atoms with van der Waals surface area (Å²) in [5.41, 5.74) is -1.13. The lowest BCUT2D eigenvalue weighted by molar-refractivity contribution is 0.0519. The molecule has 0 unspecified atom stereocenters. The van der Waals surface area contributed by atoms with E-state index in [1.807, 2.05) is 13.0 Å². The van der Waals surface area contributed by atoms with Crippen LogP contribution in [0, 0.1) is 11.3 Å². The van der Waals surface area contributed by atoms with Gasteiger partial charge < -0.3 is 0 Å². The Kier molecular flexibility index (Phi) is 6.85. The molecule has 6 heteroatoms. The van der Waals surface area contributed by atoms with Crippen LogP contribution < -0.4 is 0 Å². The molecule has 0 rings (SSSR count). The summed E-state index contributed by atoms with van der Waals surface area (Å²) in [7, 11) is -3.61. The minimum Gasteiger partial charge on any atom is -0.287 e. The largest absolute Gasteiger partial charge is 0.476 e. The molecule has 0 aliphatic rings. The van der Waals surface area contributed by atoms with Gasteiger partial charge in [-0.2, -0.15) is 5.26 Å². The maximum Gasteiger partial charge on any atom is 0.476 e. The first-order valence-electron chi connectivity index (χ1n) is 5.46. The van der Waals surface area contributed by atoms with Gasteiger partial charge in [-0.1, -0.05) is 13.3 Å². The second kappa shape index (κ2) is 7.03. The first-order chi connectivity index (χ1) is 7.45. The van der Waals surface area contributed by atoms with E-state index in [0.29, 0.717) is 6.42 Å². The molecule has 0 saturated carbocycles. The van der Waals surface area contributed by atoms with Crippen LogP contribution in [0.4, 0.5) is 0 Å². The molecular weight excluding hydrogens is 229 g/mol. The average Bonchev–Trinajstić information content (AvgIpc) is 2.18. The summed E-state index contributed by atoms with van der Waals surface area (Å²) in [6.45, 7) is 7.32. The van der Waals surface area contributed by atoms with E-state index in [-0.39, 0.29) is 13.2 Å². The van der Waals surface area contributed by atoms with Crippen molar-refractivity contribution in [3.05, 3.63) is 0 Å². The Morgan fingerprint density at radius 3 is 2.06 bits per heavy atom. The average molecular weight is 249 g/mol. The fourth-order valence-corrected chi connectivity index (χ4v) is 2.69. The minimum absolute atomic E-state index is 0.213. The van der Waals surface area contributed by atoms with Crippen LogP contribution in [0.25, 0.3) is 0 Å². The van der Waals surface area contributed by atoms with Crippen LogP contribution in [0.2, 0.25) is 0 Å². The van der Waals surface area contributed by atoms with Crippen LogP contribution in [-0.2, 0) is 18.1 Å². The second-order valence-electron chi connectivity index (χ2n) is 3.47. The summed E-state index contributed by atoms with van der Waals surface area (Å²) in [6.07, 6.45) is 1.23. The van der Waals surface area contributed by atoms with Gasteiger partial charge in [0.05, 0.1) is 19.3 Å². The van der Waals surface area contributed by atoms with Crippen molar-refractivity contribution in [1.29, 1.82) is 5.26 Å². The molecule has 0 fully saturated rings. The van der Waals surface area contributed by atoms with Gasteiger partial charge >= 0.3 is 7.82 Å². The van der Waals surface area contributed by atoms with Crippen LogP contribution >= 0.6 is 7.82 Å². The third-order valence-electron chi connectivity index (χ3n) is 1.85. The van der Waals surface area contributed by atoms with E-state index in [0.717, 1.165) is 6.42 Å². The zero-order chi connectivity index (χ0) is 12.7. The highest BCUT2D eigenvalue weighted by molar-refractivity contribution is 7.48. The maximum absolute atomic E-state index is 12.0. The molecule has 5 nitrogen and oxygen atoms in total. The van der Waals surface area contributed by atoms with Crippen LogP contribution in [0.3, 0.4) is 0 Å². The topological polar surface area (TPSA) is 68.5 Å². The summed E-state index contributed by atoms with van der Waals surface area (Å²) in [4.78, 5) is 0. The molecule has 0 aromatic rings. The van der Waals surface area contributed by atoms with Crippen LogP contribution in [-0.4, -0.2) is 18.8 Å². The Labute approximate surface area is 97.3 Å². The summed E-state index contributed by atoms with van der Waals surface area (Å²) in [5.74, 6) is 0. The molecular formula is C10H20NO4P. The molecule has 0 aliphatic carbocycles. The number of nitriles is 1. The Morgan fingerprint density at radius 1 is 1.25 bits per heavy atom. The second-order valence-corrected chi connectivity index (χ2v) is 5.06. The fourth-order valence-electron chi connectivity index (χ4n) is 1.25. The highest BCUT2D eigenvalue weighted by Gasteiger charge is 2.37. The van der Waals surface area contributed by atoms with E-state index < -0.39 is 13.4 Å². The minimum atomic E-state index is -3.61. The Hall–Kier alpha value is -0.400. The molecule has 0 aromatic carbocycles. The lowest BCUT2D eigenvalue weighted by Crippen LogP contribution is -2.26. The van der Waals surface area contributed by atoms with Crippen molar-refractivity contribution in [3.63, 3.8) is 0 Å². The van der Waals surface area contributed by atoms with E-state index >= 15 is 0 Å². The van der Waals surface area contributed by atoms with Gasteiger partial charge in [0.1, 0.15) is 0 Å². The van der Waals surface area contributed by atoms with Crippen molar-refractivity contribution >= 4 is 7.82 Å². The van der Waals surface area contributed by atoms with E-state index in [1.165, 1.54) is 0 Å². The van der Waals surface area contributed by atoms with Gasteiger partial charge in [-0.25, -0.2) is 4.57 Å². The predicted octanol–water partition coefficient (Wildman–Crippen LogP) is 3.27. The molecule has 0 bridgehead atoms. The molecule has 0 N–H and O–H groups in total. The van der Waals surface area contributed by atoms with Crippen molar-refractivity contribution in [1.82, 2.24) is 0 Å². The van der Waals surface area contributed by atoms with Crippen LogP contribution in [0.1, 0.15) is 40.5 Å². The van der Waals surface area contributed by atoms with Gasteiger partial charge in [-0.05, 0) is 27.2 Å². The van der Waals surface area contributed by atoms with Crippen molar-refractivity contribution in [2.24, 2.45) is 0 Å². The maximum atomic E-state index is 12.0. The highest BCUT2D eigenvalue weighted by Crippen LogP contribution is 2.53. The van der Waals surface area contributed by atoms with E-state index in [9.17, 15) is 4.57 Å². The monoisotopic (exact) mass is 249 g/mol. The fraction of sp³-hybridized carbons (Fsp3) is 0.900. The van der Waals surface area contributed by atoms with Gasteiger partial charge in [-0.3, -0.25) is 13.6 Å². The van der Waals surface area contributed by atoms with Gasteiger partial charge in [0.2, 0.25) is 0 Å². The third kappa shape index (κ3) is 5.09. The molecule has 0 heterocycles. The number of hydrogen-bond donors (Lipinski definition) is 0. The van der Waals surface area contributed by atoms with Gasteiger partial charge in [0.15, 0.2) is 5.60 Å². The van der Waals surface area contributed by atoms with E-state index in [2.05, 4.69) is 0 Å². The standard InChI is InChI=1S/C10H20NO4P/c1-5-8-10(4,9-11)15-16(12,13-6-2)14-7-3/h5-8H2,1-4H3/t10-/m1/s1. The first kappa shape index (κ1) is 15.6. The molecule has 0 aliphatic heterocycles. The van der Waals surface area contributed by atoms with E-state index in [4.69, 9.17) is 18.8 Å². The number of phosphoric acid groups is 1. The Bertz CT molecular complexity index is 279. The summed E-state index contributed by atoms with van der Waals surface area (Å²) in [6, 6.07) is 2.00. The third-order valence-corrected chi connectivity index (χ3v) is 3.63. The summed E-state index contributed by atoms with van der Waals surface area (Å²) < 4.78 is 27.2. The normalized spacial score (nSPS) is 15.4. The van der Waals surface area contributed by atoms with Gasteiger partial charge in [0, 0.05) is 0 Å². The van der Waals surface area contributed by atoms with Crippen LogP contribution in [0.15, 0.2) is 0 Å². The molecule has 1 atom stereocenters. The molecule has 0 spiro atoms. The van der Waals surface area contributed by atoms with E-state index in [1.54, 1.807) is 20.8 Å². The Morgan fingerprint density at radius 2 is 1.75 bits per heavy atom. The van der Waals surface area contributed by atoms with Crippen molar-refractivity contribution in [3.8, 4) is 6.07 Å². The van der Waals surface area contributed by atoms with Crippen molar-refractivity contribution in [2.75, 3.05) is 13.2 Å².